The van der Waals surface area contributed by atoms with E-state index in [4.69, 9.17) is 0 Å². The Hall–Kier alpha value is -2.13. The second-order valence-electron chi connectivity index (χ2n) is 4.36. The molecule has 20 heavy (non-hydrogen) atoms. The van der Waals surface area contributed by atoms with E-state index in [-0.39, 0.29) is 5.25 Å². The quantitative estimate of drug-likeness (QED) is 0.602. The highest BCUT2D eigenvalue weighted by molar-refractivity contribution is 8.00. The molecule has 2 aromatic rings. The lowest BCUT2D eigenvalue weighted by molar-refractivity contribution is 0.614. The van der Waals surface area contributed by atoms with Crippen LogP contribution >= 0.6 is 11.8 Å². The second-order valence-corrected chi connectivity index (χ2v) is 5.53. The molecular formula is C14H15N5S. The maximum atomic E-state index is 9.29. The van der Waals surface area contributed by atoms with Crippen LogP contribution in [-0.2, 0) is 13.0 Å². The summed E-state index contributed by atoms with van der Waals surface area (Å²) in [5, 5.41) is 21.2. The van der Waals surface area contributed by atoms with Crippen LogP contribution in [0.15, 0.2) is 42.1 Å². The fourth-order valence-corrected chi connectivity index (χ4v) is 2.60. The molecule has 0 unspecified atom stereocenters. The summed E-state index contributed by atoms with van der Waals surface area (Å²) in [5.74, 6) is 0. The molecule has 0 fully saturated rings. The monoisotopic (exact) mass is 285 g/mol. The van der Waals surface area contributed by atoms with Crippen LogP contribution in [0.3, 0.4) is 0 Å². The second kappa shape index (κ2) is 6.87. The van der Waals surface area contributed by atoms with Crippen LogP contribution in [0.25, 0.3) is 0 Å². The number of nitriles is 1. The molecule has 0 saturated carbocycles. The number of hydrogen-bond donors (Lipinski definition) is 0. The van der Waals surface area contributed by atoms with Crippen LogP contribution in [0.4, 0.5) is 0 Å². The number of rotatable bonds is 6. The summed E-state index contributed by atoms with van der Waals surface area (Å²) < 4.78 is 1.64. The third kappa shape index (κ3) is 3.68. The lowest BCUT2D eigenvalue weighted by atomic mass is 10.1. The molecule has 0 amide bonds. The van der Waals surface area contributed by atoms with Crippen molar-refractivity contribution in [3.63, 3.8) is 0 Å². The molecule has 0 saturated heterocycles. The summed E-state index contributed by atoms with van der Waals surface area (Å²) in [6.07, 6.45) is 2.39. The Morgan fingerprint density at radius 3 is 2.85 bits per heavy atom. The Kier molecular flexibility index (Phi) is 4.91. The predicted molar refractivity (Wildman–Crippen MR) is 78.2 cm³/mol. The van der Waals surface area contributed by atoms with Crippen LogP contribution in [-0.4, -0.2) is 25.5 Å². The molecule has 0 aliphatic heterocycles. The Balaban J connectivity index is 2.05. The van der Waals surface area contributed by atoms with Gasteiger partial charge in [0, 0.05) is 0 Å². The zero-order valence-electron chi connectivity index (χ0n) is 11.2. The Morgan fingerprint density at radius 2 is 2.20 bits per heavy atom. The first-order valence-corrected chi connectivity index (χ1v) is 7.09. The summed E-state index contributed by atoms with van der Waals surface area (Å²) in [5.41, 5.74) is 2.35. The molecular weight excluding hydrogens is 270 g/mol. The first kappa shape index (κ1) is 14.3. The molecule has 1 aromatic heterocycles. The molecule has 102 valence electrons. The number of allylic oxidation sites excluding steroid dienone is 1. The molecule has 0 aliphatic carbocycles. The number of hydrogen-bond acceptors (Lipinski definition) is 5. The topological polar surface area (TPSA) is 67.4 Å². The molecule has 1 aromatic carbocycles. The zero-order valence-corrected chi connectivity index (χ0v) is 12.0. The highest BCUT2D eigenvalue weighted by atomic mass is 32.2. The van der Waals surface area contributed by atoms with Crippen molar-refractivity contribution in [1.82, 2.24) is 20.2 Å². The molecule has 1 atom stereocenters. The number of thioether (sulfide) groups is 1. The van der Waals surface area contributed by atoms with Gasteiger partial charge in [-0.25, -0.2) is 4.68 Å². The average molecular weight is 285 g/mol. The summed E-state index contributed by atoms with van der Waals surface area (Å²) >= 11 is 1.38. The molecule has 0 bridgehead atoms. The van der Waals surface area contributed by atoms with Gasteiger partial charge in [0.05, 0.1) is 12.6 Å². The molecule has 6 heteroatoms. The highest BCUT2D eigenvalue weighted by Crippen LogP contribution is 2.23. The van der Waals surface area contributed by atoms with Crippen LogP contribution < -0.4 is 0 Å². The van der Waals surface area contributed by atoms with E-state index in [9.17, 15) is 5.26 Å². The largest absolute Gasteiger partial charge is 0.217 e. The molecule has 0 N–H and O–H groups in total. The molecule has 0 spiro atoms. The normalized spacial score (nSPS) is 11.8. The van der Waals surface area contributed by atoms with Crippen molar-refractivity contribution in [3.05, 3.63) is 48.0 Å². The van der Waals surface area contributed by atoms with Gasteiger partial charge in [-0.3, -0.25) is 0 Å². The van der Waals surface area contributed by atoms with Crippen molar-refractivity contribution < 1.29 is 0 Å². The Bertz CT molecular complexity index is 611. The summed E-state index contributed by atoms with van der Waals surface area (Å²) in [6.45, 7) is 6.25. The number of tetrazole rings is 1. The van der Waals surface area contributed by atoms with Crippen LogP contribution in [0, 0.1) is 18.3 Å². The van der Waals surface area contributed by atoms with E-state index in [1.807, 2.05) is 19.1 Å². The predicted octanol–water partition coefficient (Wildman–Crippen LogP) is 2.39. The maximum Gasteiger partial charge on any atom is 0.210 e. The molecule has 0 aliphatic rings. The van der Waals surface area contributed by atoms with E-state index in [1.54, 1.807) is 10.8 Å². The zero-order chi connectivity index (χ0) is 14.4. The number of benzene rings is 1. The third-order valence-corrected chi connectivity index (χ3v) is 3.79. The average Bonchev–Trinajstić information content (AvgIpc) is 2.88. The summed E-state index contributed by atoms with van der Waals surface area (Å²) in [7, 11) is 0. The van der Waals surface area contributed by atoms with E-state index in [1.165, 1.54) is 17.3 Å². The third-order valence-electron chi connectivity index (χ3n) is 2.73. The van der Waals surface area contributed by atoms with E-state index in [0.717, 1.165) is 5.56 Å². The molecule has 2 rings (SSSR count). The smallest absolute Gasteiger partial charge is 0.210 e. The number of nitrogens with zero attached hydrogens (tertiary/aromatic N) is 5. The van der Waals surface area contributed by atoms with E-state index < -0.39 is 0 Å². The van der Waals surface area contributed by atoms with Crippen LogP contribution in [0.2, 0.25) is 0 Å². The molecule has 0 radical (unpaired) electrons. The standard InChI is InChI=1S/C14H15N5S/c1-3-8-19-14(16-17-18-19)20-13(10-15)9-12-6-4-11(2)5-7-12/h3-7,13H,1,8-9H2,2H3/t13-/m1/s1. The minimum Gasteiger partial charge on any atom is -0.217 e. The van der Waals surface area contributed by atoms with Crippen molar-refractivity contribution in [2.75, 3.05) is 0 Å². The van der Waals surface area contributed by atoms with Gasteiger partial charge < -0.3 is 0 Å². The minimum absolute atomic E-state index is 0.215. The van der Waals surface area contributed by atoms with Gasteiger partial charge in [0.15, 0.2) is 0 Å². The summed E-state index contributed by atoms with van der Waals surface area (Å²) in [6, 6.07) is 10.5. The maximum absolute atomic E-state index is 9.29. The van der Waals surface area contributed by atoms with Gasteiger partial charge in [-0.1, -0.05) is 47.7 Å². The number of aryl methyl sites for hydroxylation is 1. The number of aromatic nitrogens is 4. The summed E-state index contributed by atoms with van der Waals surface area (Å²) in [4.78, 5) is 0. The lowest BCUT2D eigenvalue weighted by Gasteiger charge is -2.08. The fourth-order valence-electron chi connectivity index (χ4n) is 1.70. The van der Waals surface area contributed by atoms with Crippen molar-refractivity contribution in [3.8, 4) is 6.07 Å². The SMILES string of the molecule is C=CCn1nnnc1S[C@@H](C#N)Cc1ccc(C)cc1. The molecule has 1 heterocycles. The minimum atomic E-state index is -0.215. The first-order valence-electron chi connectivity index (χ1n) is 6.22. The first-order chi connectivity index (χ1) is 9.72. The van der Waals surface area contributed by atoms with Gasteiger partial charge in [0.1, 0.15) is 5.25 Å². The van der Waals surface area contributed by atoms with Gasteiger partial charge in [0.25, 0.3) is 0 Å². The van der Waals surface area contributed by atoms with Gasteiger partial charge in [-0.2, -0.15) is 5.26 Å². The fraction of sp³-hybridized carbons (Fsp3) is 0.286. The van der Waals surface area contributed by atoms with E-state index in [0.29, 0.717) is 18.1 Å². The van der Waals surface area contributed by atoms with Crippen molar-refractivity contribution in [1.29, 1.82) is 5.26 Å². The lowest BCUT2D eigenvalue weighted by Crippen LogP contribution is -2.07. The van der Waals surface area contributed by atoms with Crippen molar-refractivity contribution >= 4 is 11.8 Å². The van der Waals surface area contributed by atoms with Gasteiger partial charge >= 0.3 is 0 Å². The van der Waals surface area contributed by atoms with Gasteiger partial charge in [-0.15, -0.1) is 11.7 Å². The van der Waals surface area contributed by atoms with E-state index in [2.05, 4.69) is 40.3 Å². The van der Waals surface area contributed by atoms with Gasteiger partial charge in [0.2, 0.25) is 5.16 Å². The van der Waals surface area contributed by atoms with Gasteiger partial charge in [-0.05, 0) is 29.3 Å². The van der Waals surface area contributed by atoms with Crippen LogP contribution in [0.1, 0.15) is 11.1 Å². The Morgan fingerprint density at radius 1 is 1.45 bits per heavy atom. The Labute approximate surface area is 122 Å². The molecule has 5 nitrogen and oxygen atoms in total. The highest BCUT2D eigenvalue weighted by Gasteiger charge is 2.15. The van der Waals surface area contributed by atoms with Crippen molar-refractivity contribution in [2.24, 2.45) is 0 Å². The van der Waals surface area contributed by atoms with Crippen LogP contribution in [0.5, 0.6) is 0 Å². The van der Waals surface area contributed by atoms with E-state index >= 15 is 0 Å². The van der Waals surface area contributed by atoms with Crippen molar-refractivity contribution in [2.45, 2.75) is 30.3 Å².